The van der Waals surface area contributed by atoms with Crippen LogP contribution in [0.15, 0.2) is 18.6 Å². The van der Waals surface area contributed by atoms with Crippen LogP contribution >= 0.6 is 0 Å². The van der Waals surface area contributed by atoms with E-state index in [1.807, 2.05) is 26.8 Å². The Kier molecular flexibility index (Phi) is 5.18. The van der Waals surface area contributed by atoms with E-state index >= 15 is 0 Å². The number of rotatable bonds is 3. The molecule has 22 heavy (non-hydrogen) atoms. The quantitative estimate of drug-likeness (QED) is 0.844. The topological polar surface area (TPSA) is 67.8 Å². The maximum Gasteiger partial charge on any atom is 0.410 e. The number of amides is 1. The standard InChI is InChI=1S/C15H24N4O3/c1-15(2,3)22-14(20)18-7-8-19(12(9-18)10-21-4)13-5-6-16-11-17-13/h5-6,11-12H,7-10H2,1-4H3/t12-/m1/s1. The molecule has 0 aliphatic carbocycles. The van der Waals surface area contributed by atoms with Crippen LogP contribution < -0.4 is 4.90 Å². The summed E-state index contributed by atoms with van der Waals surface area (Å²) in [4.78, 5) is 24.3. The van der Waals surface area contributed by atoms with Crippen LogP contribution in [0.4, 0.5) is 10.6 Å². The summed E-state index contributed by atoms with van der Waals surface area (Å²) in [5.74, 6) is 0.848. The molecule has 0 saturated carbocycles. The molecular formula is C15H24N4O3. The van der Waals surface area contributed by atoms with Crippen molar-refractivity contribution in [3.05, 3.63) is 18.6 Å². The zero-order valence-electron chi connectivity index (χ0n) is 13.7. The molecule has 2 heterocycles. The first-order chi connectivity index (χ1) is 10.4. The average Bonchev–Trinajstić information content (AvgIpc) is 2.47. The summed E-state index contributed by atoms with van der Waals surface area (Å²) >= 11 is 0. The van der Waals surface area contributed by atoms with Crippen molar-refractivity contribution in [3.8, 4) is 0 Å². The Morgan fingerprint density at radius 1 is 1.41 bits per heavy atom. The van der Waals surface area contributed by atoms with Crippen LogP contribution in [-0.4, -0.2) is 66.0 Å². The molecule has 1 aromatic rings. The van der Waals surface area contributed by atoms with Gasteiger partial charge in [-0.1, -0.05) is 0 Å². The number of anilines is 1. The first kappa shape index (κ1) is 16.5. The predicted octanol–water partition coefficient (Wildman–Crippen LogP) is 1.55. The number of carbonyl (C=O) groups is 1. The van der Waals surface area contributed by atoms with Gasteiger partial charge in [-0.05, 0) is 26.8 Å². The zero-order chi connectivity index (χ0) is 16.2. The Morgan fingerprint density at radius 3 is 2.77 bits per heavy atom. The van der Waals surface area contributed by atoms with Gasteiger partial charge in [-0.3, -0.25) is 0 Å². The summed E-state index contributed by atoms with van der Waals surface area (Å²) in [6.45, 7) is 7.96. The van der Waals surface area contributed by atoms with Crippen molar-refractivity contribution in [1.29, 1.82) is 0 Å². The van der Waals surface area contributed by atoms with Crippen molar-refractivity contribution in [2.24, 2.45) is 0 Å². The molecule has 7 heteroatoms. The number of carbonyl (C=O) groups excluding carboxylic acids is 1. The summed E-state index contributed by atoms with van der Waals surface area (Å²) in [6, 6.07) is 1.91. The second kappa shape index (κ2) is 6.91. The van der Waals surface area contributed by atoms with Gasteiger partial charge in [-0.15, -0.1) is 0 Å². The minimum Gasteiger partial charge on any atom is -0.444 e. The van der Waals surface area contributed by atoms with E-state index in [0.717, 1.165) is 5.82 Å². The minimum atomic E-state index is -0.488. The van der Waals surface area contributed by atoms with E-state index in [-0.39, 0.29) is 12.1 Å². The van der Waals surface area contributed by atoms with E-state index in [2.05, 4.69) is 14.9 Å². The highest BCUT2D eigenvalue weighted by atomic mass is 16.6. The number of nitrogens with zero attached hydrogens (tertiary/aromatic N) is 4. The van der Waals surface area contributed by atoms with Gasteiger partial charge in [0, 0.05) is 32.9 Å². The monoisotopic (exact) mass is 308 g/mol. The number of aromatic nitrogens is 2. The highest BCUT2D eigenvalue weighted by molar-refractivity contribution is 5.68. The Balaban J connectivity index is 2.06. The second-order valence-corrected chi connectivity index (χ2v) is 6.30. The molecule has 7 nitrogen and oxygen atoms in total. The van der Waals surface area contributed by atoms with Crippen LogP contribution in [0.25, 0.3) is 0 Å². The summed E-state index contributed by atoms with van der Waals surface area (Å²) in [7, 11) is 1.66. The van der Waals surface area contributed by atoms with E-state index < -0.39 is 5.60 Å². The summed E-state index contributed by atoms with van der Waals surface area (Å²) in [5.41, 5.74) is -0.488. The van der Waals surface area contributed by atoms with E-state index in [9.17, 15) is 4.79 Å². The highest BCUT2D eigenvalue weighted by Gasteiger charge is 2.32. The van der Waals surface area contributed by atoms with Crippen LogP contribution in [0.1, 0.15) is 20.8 Å². The van der Waals surface area contributed by atoms with Gasteiger partial charge in [0.1, 0.15) is 17.7 Å². The lowest BCUT2D eigenvalue weighted by Crippen LogP contribution is -2.57. The summed E-state index contributed by atoms with van der Waals surface area (Å²) in [6.07, 6.45) is 2.96. The van der Waals surface area contributed by atoms with Gasteiger partial charge in [0.2, 0.25) is 0 Å². The van der Waals surface area contributed by atoms with Gasteiger partial charge in [0.25, 0.3) is 0 Å². The van der Waals surface area contributed by atoms with Crippen LogP contribution in [0.3, 0.4) is 0 Å². The van der Waals surface area contributed by atoms with E-state index in [1.165, 1.54) is 6.33 Å². The van der Waals surface area contributed by atoms with Gasteiger partial charge < -0.3 is 19.3 Å². The average molecular weight is 308 g/mol. The molecular weight excluding hydrogens is 284 g/mol. The molecule has 0 bridgehead atoms. The third-order valence-electron chi connectivity index (χ3n) is 3.35. The number of ether oxygens (including phenoxy) is 2. The third-order valence-corrected chi connectivity index (χ3v) is 3.35. The molecule has 1 aliphatic rings. The van der Waals surface area contributed by atoms with Crippen molar-refractivity contribution in [2.75, 3.05) is 38.3 Å². The van der Waals surface area contributed by atoms with Gasteiger partial charge in [-0.2, -0.15) is 0 Å². The first-order valence-corrected chi connectivity index (χ1v) is 7.40. The van der Waals surface area contributed by atoms with Gasteiger partial charge >= 0.3 is 6.09 Å². The van der Waals surface area contributed by atoms with E-state index in [1.54, 1.807) is 18.2 Å². The zero-order valence-corrected chi connectivity index (χ0v) is 13.7. The Morgan fingerprint density at radius 2 is 2.18 bits per heavy atom. The van der Waals surface area contributed by atoms with Crippen molar-refractivity contribution < 1.29 is 14.3 Å². The van der Waals surface area contributed by atoms with Gasteiger partial charge in [0.05, 0.1) is 12.6 Å². The van der Waals surface area contributed by atoms with Crippen molar-refractivity contribution in [2.45, 2.75) is 32.4 Å². The lowest BCUT2D eigenvalue weighted by atomic mass is 10.1. The maximum absolute atomic E-state index is 12.2. The molecule has 0 N–H and O–H groups in total. The first-order valence-electron chi connectivity index (χ1n) is 7.40. The SMILES string of the molecule is COC[C@H]1CN(C(=O)OC(C)(C)C)CCN1c1ccncn1. The Hall–Kier alpha value is -1.89. The maximum atomic E-state index is 12.2. The fraction of sp³-hybridized carbons (Fsp3) is 0.667. The van der Waals surface area contributed by atoms with Crippen LogP contribution in [-0.2, 0) is 9.47 Å². The lowest BCUT2D eigenvalue weighted by molar-refractivity contribution is 0.0186. The minimum absolute atomic E-state index is 0.0427. The fourth-order valence-corrected chi connectivity index (χ4v) is 2.44. The molecule has 0 spiro atoms. The molecule has 1 amide bonds. The lowest BCUT2D eigenvalue weighted by Gasteiger charge is -2.41. The number of piperazine rings is 1. The second-order valence-electron chi connectivity index (χ2n) is 6.30. The summed E-state index contributed by atoms with van der Waals surface area (Å²) in [5, 5.41) is 0. The normalized spacial score (nSPS) is 19.2. The van der Waals surface area contributed by atoms with Crippen molar-refractivity contribution >= 4 is 11.9 Å². The van der Waals surface area contributed by atoms with Crippen LogP contribution in [0.2, 0.25) is 0 Å². The largest absolute Gasteiger partial charge is 0.444 e. The van der Waals surface area contributed by atoms with Crippen molar-refractivity contribution in [3.63, 3.8) is 0 Å². The van der Waals surface area contributed by atoms with Crippen LogP contribution in [0.5, 0.6) is 0 Å². The summed E-state index contributed by atoms with van der Waals surface area (Å²) < 4.78 is 10.7. The van der Waals surface area contributed by atoms with Crippen LogP contribution in [0, 0.1) is 0 Å². The Bertz CT molecular complexity index is 489. The predicted molar refractivity (Wildman–Crippen MR) is 82.8 cm³/mol. The molecule has 1 saturated heterocycles. The third kappa shape index (κ3) is 4.30. The fourth-order valence-electron chi connectivity index (χ4n) is 2.44. The molecule has 0 unspecified atom stereocenters. The number of hydrogen-bond donors (Lipinski definition) is 0. The Labute approximate surface area is 131 Å². The smallest absolute Gasteiger partial charge is 0.410 e. The number of hydrogen-bond acceptors (Lipinski definition) is 6. The highest BCUT2D eigenvalue weighted by Crippen LogP contribution is 2.19. The number of methoxy groups -OCH3 is 1. The molecule has 1 atom stereocenters. The molecule has 1 fully saturated rings. The van der Waals surface area contributed by atoms with E-state index in [0.29, 0.717) is 26.2 Å². The van der Waals surface area contributed by atoms with Crippen molar-refractivity contribution in [1.82, 2.24) is 14.9 Å². The molecule has 0 radical (unpaired) electrons. The van der Waals surface area contributed by atoms with E-state index in [4.69, 9.17) is 9.47 Å². The molecule has 1 aromatic heterocycles. The molecule has 122 valence electrons. The molecule has 2 rings (SSSR count). The molecule has 1 aliphatic heterocycles. The van der Waals surface area contributed by atoms with Gasteiger partial charge in [-0.25, -0.2) is 14.8 Å². The molecule has 0 aromatic carbocycles. The van der Waals surface area contributed by atoms with Gasteiger partial charge in [0.15, 0.2) is 0 Å².